The zero-order chi connectivity index (χ0) is 17.0. The first-order chi connectivity index (χ1) is 11.0. The van der Waals surface area contributed by atoms with Crippen molar-refractivity contribution in [1.29, 1.82) is 0 Å². The average Bonchev–Trinajstić information content (AvgIpc) is 2.88. The molecule has 1 aromatic heterocycles. The van der Waals surface area contributed by atoms with Crippen LogP contribution in [0.4, 0.5) is 0 Å². The molecule has 0 saturated heterocycles. The van der Waals surface area contributed by atoms with Gasteiger partial charge in [-0.2, -0.15) is 0 Å². The van der Waals surface area contributed by atoms with Crippen LogP contribution in [0.1, 0.15) is 85.0 Å². The van der Waals surface area contributed by atoms with Crippen LogP contribution in [0.2, 0.25) is 0 Å². The summed E-state index contributed by atoms with van der Waals surface area (Å²) in [5.41, 5.74) is 0.510. The van der Waals surface area contributed by atoms with Gasteiger partial charge in [0, 0.05) is 6.61 Å². The summed E-state index contributed by atoms with van der Waals surface area (Å²) in [6.45, 7) is 8.45. The van der Waals surface area contributed by atoms with E-state index in [0.717, 1.165) is 17.6 Å². The molecule has 1 rings (SSSR count). The van der Waals surface area contributed by atoms with Gasteiger partial charge in [0.15, 0.2) is 0 Å². The minimum absolute atomic E-state index is 0.510. The van der Waals surface area contributed by atoms with Gasteiger partial charge in [-0.1, -0.05) is 72.1 Å². The lowest BCUT2D eigenvalue weighted by Gasteiger charge is -2.17. The number of hydrogen-bond acceptors (Lipinski definition) is 2. The molecule has 0 spiro atoms. The normalized spacial score (nSPS) is 12.0. The van der Waals surface area contributed by atoms with Crippen LogP contribution in [0.25, 0.3) is 0 Å². The smallest absolute Gasteiger partial charge is 0.124 e. The number of aromatic nitrogens is 2. The molecule has 0 fully saturated rings. The van der Waals surface area contributed by atoms with Gasteiger partial charge in [0.1, 0.15) is 11.3 Å². The van der Waals surface area contributed by atoms with Crippen LogP contribution in [0.3, 0.4) is 0 Å². The summed E-state index contributed by atoms with van der Waals surface area (Å²) < 4.78 is 8.58. The zero-order valence-corrected chi connectivity index (χ0v) is 16.9. The maximum atomic E-state index is 5.65. The first-order valence-corrected chi connectivity index (χ1v) is 10.0. The number of rotatable bonds is 13. The molecule has 23 heavy (non-hydrogen) atoms. The van der Waals surface area contributed by atoms with E-state index in [4.69, 9.17) is 4.74 Å². The van der Waals surface area contributed by atoms with Crippen LogP contribution in [0, 0.1) is 5.41 Å². The average molecular weight is 387 g/mol. The van der Waals surface area contributed by atoms with Crippen molar-refractivity contribution >= 4 is 15.9 Å². The van der Waals surface area contributed by atoms with Gasteiger partial charge in [0.25, 0.3) is 0 Å². The summed E-state index contributed by atoms with van der Waals surface area (Å²) in [6.07, 6.45) is 17.1. The van der Waals surface area contributed by atoms with Crippen molar-refractivity contribution in [1.82, 2.24) is 9.55 Å². The van der Waals surface area contributed by atoms with Gasteiger partial charge in [-0.25, -0.2) is 4.98 Å². The van der Waals surface area contributed by atoms with Gasteiger partial charge in [0.05, 0.1) is 12.5 Å². The molecule has 4 heteroatoms. The Balaban J connectivity index is 1.77. The molecule has 3 nitrogen and oxygen atoms in total. The first-order valence-electron chi connectivity index (χ1n) is 9.22. The molecule has 0 bridgehead atoms. The van der Waals surface area contributed by atoms with Crippen molar-refractivity contribution in [2.45, 2.75) is 91.7 Å². The van der Waals surface area contributed by atoms with Gasteiger partial charge in [-0.3, -0.25) is 0 Å². The largest absolute Gasteiger partial charge is 0.361 e. The van der Waals surface area contributed by atoms with Crippen LogP contribution in [-0.4, -0.2) is 16.2 Å². The van der Waals surface area contributed by atoms with Crippen molar-refractivity contribution in [2.24, 2.45) is 5.41 Å². The fourth-order valence-electron chi connectivity index (χ4n) is 2.66. The highest BCUT2D eigenvalue weighted by Gasteiger charge is 2.08. The Morgan fingerprint density at radius 2 is 1.52 bits per heavy atom. The van der Waals surface area contributed by atoms with E-state index in [-0.39, 0.29) is 0 Å². The molecule has 0 amide bonds. The second-order valence-electron chi connectivity index (χ2n) is 7.72. The lowest BCUT2D eigenvalue weighted by Crippen LogP contribution is -2.03. The number of unbranched alkanes of at least 4 members (excludes halogenated alkanes) is 8. The Bertz CT molecular complexity index is 398. The lowest BCUT2D eigenvalue weighted by molar-refractivity contribution is 0.0725. The highest BCUT2D eigenvalue weighted by molar-refractivity contribution is 9.10. The molecule has 0 unspecified atom stereocenters. The molecule has 1 aromatic rings. The third kappa shape index (κ3) is 11.8. The van der Waals surface area contributed by atoms with E-state index in [1.54, 1.807) is 12.5 Å². The quantitative estimate of drug-likeness (QED) is 0.358. The molecule has 0 aromatic carbocycles. The topological polar surface area (TPSA) is 27.1 Å². The Hall–Kier alpha value is -0.350. The summed E-state index contributed by atoms with van der Waals surface area (Å²) in [5, 5.41) is 0. The number of hydrogen-bond donors (Lipinski definition) is 0. The number of imidazole rings is 1. The molecule has 0 aliphatic heterocycles. The van der Waals surface area contributed by atoms with Crippen LogP contribution in [0.5, 0.6) is 0 Å². The maximum Gasteiger partial charge on any atom is 0.124 e. The summed E-state index contributed by atoms with van der Waals surface area (Å²) in [7, 11) is 0. The van der Waals surface area contributed by atoms with E-state index in [1.165, 1.54) is 57.8 Å². The van der Waals surface area contributed by atoms with Crippen molar-refractivity contribution in [3.8, 4) is 0 Å². The predicted octanol–water partition coefficient (Wildman–Crippen LogP) is 6.57. The van der Waals surface area contributed by atoms with E-state index in [9.17, 15) is 0 Å². The molecular weight excluding hydrogens is 352 g/mol. The SMILES string of the molecule is CC(C)(C)CCCCCCCCCCCOCn1cncc1Br. The molecule has 0 aliphatic carbocycles. The minimum Gasteiger partial charge on any atom is -0.361 e. The minimum atomic E-state index is 0.510. The van der Waals surface area contributed by atoms with E-state index in [1.807, 2.05) is 4.57 Å². The molecule has 0 aliphatic rings. The monoisotopic (exact) mass is 386 g/mol. The standard InChI is InChI=1S/C19H35BrN2O/c1-19(2,3)13-11-9-7-5-4-6-8-10-12-14-23-17-22-16-21-15-18(22)20/h15-16H,4-14,17H2,1-3H3. The predicted molar refractivity (Wildman–Crippen MR) is 102 cm³/mol. The molecule has 0 saturated carbocycles. The third-order valence-corrected chi connectivity index (χ3v) is 4.77. The Labute approximate surface area is 151 Å². The molecule has 0 N–H and O–H groups in total. The lowest BCUT2D eigenvalue weighted by atomic mass is 9.89. The van der Waals surface area contributed by atoms with Crippen LogP contribution in [0.15, 0.2) is 17.1 Å². The van der Waals surface area contributed by atoms with Gasteiger partial charge >= 0.3 is 0 Å². The van der Waals surface area contributed by atoms with Crippen molar-refractivity contribution in [3.63, 3.8) is 0 Å². The molecule has 0 radical (unpaired) electrons. The van der Waals surface area contributed by atoms with Gasteiger partial charge in [-0.15, -0.1) is 0 Å². The number of halogens is 1. The first kappa shape index (κ1) is 20.7. The van der Waals surface area contributed by atoms with E-state index >= 15 is 0 Å². The maximum absolute atomic E-state index is 5.65. The van der Waals surface area contributed by atoms with Gasteiger partial charge in [-0.05, 0) is 34.2 Å². The van der Waals surface area contributed by atoms with Crippen molar-refractivity contribution < 1.29 is 4.74 Å². The second kappa shape index (κ2) is 12.1. The Kier molecular flexibility index (Phi) is 10.9. The Morgan fingerprint density at radius 3 is 2.04 bits per heavy atom. The van der Waals surface area contributed by atoms with Crippen LogP contribution in [-0.2, 0) is 11.5 Å². The van der Waals surface area contributed by atoms with E-state index in [2.05, 4.69) is 41.7 Å². The fraction of sp³-hybridized carbons (Fsp3) is 0.842. The van der Waals surface area contributed by atoms with Gasteiger partial charge in [0.2, 0.25) is 0 Å². The number of nitrogens with zero attached hydrogens (tertiary/aromatic N) is 2. The summed E-state index contributed by atoms with van der Waals surface area (Å²) in [6, 6.07) is 0. The highest BCUT2D eigenvalue weighted by Crippen LogP contribution is 2.22. The van der Waals surface area contributed by atoms with E-state index in [0.29, 0.717) is 12.1 Å². The molecule has 1 heterocycles. The zero-order valence-electron chi connectivity index (χ0n) is 15.3. The van der Waals surface area contributed by atoms with Crippen LogP contribution < -0.4 is 0 Å². The molecule has 134 valence electrons. The fourth-order valence-corrected chi connectivity index (χ4v) is 2.97. The molecular formula is C19H35BrN2O. The Morgan fingerprint density at radius 1 is 0.957 bits per heavy atom. The third-order valence-electron chi connectivity index (χ3n) is 4.11. The van der Waals surface area contributed by atoms with Crippen LogP contribution >= 0.6 is 15.9 Å². The van der Waals surface area contributed by atoms with Crippen molar-refractivity contribution in [3.05, 3.63) is 17.1 Å². The number of ether oxygens (including phenoxy) is 1. The highest BCUT2D eigenvalue weighted by atomic mass is 79.9. The summed E-state index contributed by atoms with van der Waals surface area (Å²) in [5.74, 6) is 0. The van der Waals surface area contributed by atoms with Crippen molar-refractivity contribution in [2.75, 3.05) is 6.61 Å². The summed E-state index contributed by atoms with van der Waals surface area (Å²) in [4.78, 5) is 4.05. The second-order valence-corrected chi connectivity index (χ2v) is 8.53. The van der Waals surface area contributed by atoms with Gasteiger partial charge < -0.3 is 9.30 Å². The van der Waals surface area contributed by atoms with E-state index < -0.39 is 0 Å². The molecule has 0 atom stereocenters. The summed E-state index contributed by atoms with van der Waals surface area (Å²) >= 11 is 3.43.